The molecule has 1 unspecified atom stereocenters. The summed E-state index contributed by atoms with van der Waals surface area (Å²) in [4.78, 5) is 26.8. The van der Waals surface area contributed by atoms with Crippen LogP contribution in [0.25, 0.3) is 0 Å². The second-order valence-corrected chi connectivity index (χ2v) is 8.88. The van der Waals surface area contributed by atoms with Crippen molar-refractivity contribution in [2.75, 3.05) is 13.1 Å². The van der Waals surface area contributed by atoms with Gasteiger partial charge in [0.1, 0.15) is 16.3 Å². The lowest BCUT2D eigenvalue weighted by Crippen LogP contribution is -2.57. The molecule has 0 bridgehead atoms. The van der Waals surface area contributed by atoms with Gasteiger partial charge in [0.15, 0.2) is 5.54 Å². The third-order valence-corrected chi connectivity index (χ3v) is 5.51. The molecule has 11 heteroatoms. The summed E-state index contributed by atoms with van der Waals surface area (Å²) in [6.45, 7) is 4.16. The van der Waals surface area contributed by atoms with Gasteiger partial charge in [0.25, 0.3) is 0 Å². The number of carbonyl (C=O) groups excluding carboxylic acids is 1. The maximum atomic E-state index is 13.3. The summed E-state index contributed by atoms with van der Waals surface area (Å²) >= 11 is 0. The van der Waals surface area contributed by atoms with Gasteiger partial charge in [-0.25, -0.2) is 22.4 Å². The van der Waals surface area contributed by atoms with Crippen LogP contribution in [0.4, 0.5) is 9.18 Å². The summed E-state index contributed by atoms with van der Waals surface area (Å²) in [7, 11) is -4.16. The van der Waals surface area contributed by atoms with Crippen LogP contribution in [0.1, 0.15) is 27.2 Å². The summed E-state index contributed by atoms with van der Waals surface area (Å²) in [5.74, 6) is -2.22. The third-order valence-electron chi connectivity index (χ3n) is 3.70. The van der Waals surface area contributed by atoms with Crippen LogP contribution in [0.5, 0.6) is 0 Å². The minimum absolute atomic E-state index is 0.163. The van der Waals surface area contributed by atoms with Gasteiger partial charge in [-0.15, -0.1) is 0 Å². The predicted molar refractivity (Wildman–Crippen MR) is 87.3 cm³/mol. The second-order valence-electron chi connectivity index (χ2n) is 6.94. The lowest BCUT2D eigenvalue weighted by Gasteiger charge is -2.28. The molecule has 2 N–H and O–H groups in total. The van der Waals surface area contributed by atoms with E-state index in [2.05, 4.69) is 10.3 Å². The molecule has 1 aliphatic rings. The standard InChI is InChI=1S/C15H20FN3O6S/c1-14(2,3)25-13(22)18-15(12(20)21)4-5-19(9-15)26(23,24)11-6-10(16)7-17-8-11/h6-8H,4-5,9H2,1-3H3,(H,18,22)(H,20,21). The summed E-state index contributed by atoms with van der Waals surface area (Å²) < 4.78 is 44.4. The molecule has 1 aliphatic heterocycles. The van der Waals surface area contributed by atoms with E-state index in [0.717, 1.165) is 22.8 Å². The van der Waals surface area contributed by atoms with Gasteiger partial charge in [0.05, 0.1) is 6.20 Å². The van der Waals surface area contributed by atoms with Gasteiger partial charge in [-0.1, -0.05) is 0 Å². The van der Waals surface area contributed by atoms with Gasteiger partial charge >= 0.3 is 12.1 Å². The van der Waals surface area contributed by atoms with Crippen molar-refractivity contribution in [2.24, 2.45) is 0 Å². The first-order valence-electron chi connectivity index (χ1n) is 7.71. The first-order valence-corrected chi connectivity index (χ1v) is 9.15. The Balaban J connectivity index is 2.24. The number of carboxylic acid groups (broad SMARTS) is 1. The number of hydrogen-bond donors (Lipinski definition) is 2. The second kappa shape index (κ2) is 6.80. The highest BCUT2D eigenvalue weighted by Crippen LogP contribution is 2.28. The van der Waals surface area contributed by atoms with Crippen molar-refractivity contribution in [3.05, 3.63) is 24.3 Å². The Bertz CT molecular complexity index is 823. The van der Waals surface area contributed by atoms with Crippen LogP contribution in [0, 0.1) is 5.82 Å². The highest BCUT2D eigenvalue weighted by molar-refractivity contribution is 7.89. The van der Waals surface area contributed by atoms with Crippen molar-refractivity contribution in [3.8, 4) is 0 Å². The molecule has 0 saturated carbocycles. The molecular formula is C15H20FN3O6S. The molecule has 1 atom stereocenters. The van der Waals surface area contributed by atoms with E-state index in [-0.39, 0.29) is 13.0 Å². The van der Waals surface area contributed by atoms with Crippen molar-refractivity contribution in [1.29, 1.82) is 0 Å². The monoisotopic (exact) mass is 389 g/mol. The molecule has 0 spiro atoms. The molecule has 1 fully saturated rings. The Morgan fingerprint density at radius 2 is 2.04 bits per heavy atom. The third kappa shape index (κ3) is 4.28. The minimum atomic E-state index is -4.16. The maximum absolute atomic E-state index is 13.3. The average molecular weight is 389 g/mol. The minimum Gasteiger partial charge on any atom is -0.479 e. The molecule has 1 saturated heterocycles. The number of aromatic nitrogens is 1. The molecule has 2 rings (SSSR count). The van der Waals surface area contributed by atoms with Crippen LogP contribution in [0.15, 0.2) is 23.4 Å². The number of rotatable bonds is 4. The normalized spacial score (nSPS) is 21.4. The Morgan fingerprint density at radius 3 is 2.58 bits per heavy atom. The van der Waals surface area contributed by atoms with Crippen LogP contribution in [0.2, 0.25) is 0 Å². The number of amides is 1. The van der Waals surface area contributed by atoms with Crippen LogP contribution in [-0.4, -0.2) is 59.1 Å². The van der Waals surface area contributed by atoms with Gasteiger partial charge in [-0.2, -0.15) is 4.31 Å². The number of aliphatic carboxylic acids is 1. The zero-order valence-corrected chi connectivity index (χ0v) is 15.3. The number of carboxylic acids is 1. The Labute approximate surface area is 150 Å². The number of hydrogen-bond acceptors (Lipinski definition) is 6. The van der Waals surface area contributed by atoms with Gasteiger partial charge < -0.3 is 15.2 Å². The smallest absolute Gasteiger partial charge is 0.408 e. The number of ether oxygens (including phenoxy) is 1. The van der Waals surface area contributed by atoms with E-state index >= 15 is 0 Å². The fourth-order valence-electron chi connectivity index (χ4n) is 2.49. The molecule has 0 aliphatic carbocycles. The summed E-state index contributed by atoms with van der Waals surface area (Å²) in [5.41, 5.74) is -2.68. The largest absolute Gasteiger partial charge is 0.479 e. The molecule has 9 nitrogen and oxygen atoms in total. The van der Waals surface area contributed by atoms with E-state index in [1.54, 1.807) is 20.8 Å². The first kappa shape index (κ1) is 20.0. The quantitative estimate of drug-likeness (QED) is 0.785. The Kier molecular flexibility index (Phi) is 5.24. The molecule has 26 heavy (non-hydrogen) atoms. The van der Waals surface area contributed by atoms with E-state index in [9.17, 15) is 27.5 Å². The fourth-order valence-corrected chi connectivity index (χ4v) is 3.97. The number of pyridine rings is 1. The molecule has 0 radical (unpaired) electrons. The summed E-state index contributed by atoms with van der Waals surface area (Å²) in [6, 6.07) is 0.796. The first-order chi connectivity index (χ1) is 11.9. The Hall–Kier alpha value is -2.27. The molecule has 1 amide bonds. The van der Waals surface area contributed by atoms with E-state index in [1.165, 1.54) is 0 Å². The van der Waals surface area contributed by atoms with Crippen molar-refractivity contribution >= 4 is 22.1 Å². The Morgan fingerprint density at radius 1 is 1.38 bits per heavy atom. The predicted octanol–water partition coefficient (Wildman–Crippen LogP) is 0.963. The van der Waals surface area contributed by atoms with Gasteiger partial charge in [-0.3, -0.25) is 4.98 Å². The molecular weight excluding hydrogens is 369 g/mol. The van der Waals surface area contributed by atoms with Gasteiger partial charge in [-0.05, 0) is 33.3 Å². The van der Waals surface area contributed by atoms with Gasteiger partial charge in [0.2, 0.25) is 10.0 Å². The maximum Gasteiger partial charge on any atom is 0.408 e. The topological polar surface area (TPSA) is 126 Å². The average Bonchev–Trinajstić information content (AvgIpc) is 2.91. The van der Waals surface area contributed by atoms with E-state index in [1.807, 2.05) is 0 Å². The molecule has 0 aromatic carbocycles. The number of nitrogens with one attached hydrogen (secondary N) is 1. The van der Waals surface area contributed by atoms with Gasteiger partial charge in [0, 0.05) is 19.3 Å². The number of halogens is 1. The van der Waals surface area contributed by atoms with Crippen molar-refractivity contribution in [3.63, 3.8) is 0 Å². The van der Waals surface area contributed by atoms with E-state index in [0.29, 0.717) is 0 Å². The SMILES string of the molecule is CC(C)(C)OC(=O)NC1(C(=O)O)CCN(S(=O)(=O)c2cncc(F)c2)C1. The number of alkyl carbamates (subject to hydrolysis) is 1. The molecule has 1 aromatic heterocycles. The molecule has 1 aromatic rings. The highest BCUT2D eigenvalue weighted by atomic mass is 32.2. The van der Waals surface area contributed by atoms with Crippen LogP contribution < -0.4 is 5.32 Å². The van der Waals surface area contributed by atoms with Crippen molar-refractivity contribution < 1.29 is 32.2 Å². The fraction of sp³-hybridized carbons (Fsp3) is 0.533. The summed E-state index contributed by atoms with van der Waals surface area (Å²) in [6.07, 6.45) is 0.699. The van der Waals surface area contributed by atoms with E-state index in [4.69, 9.17) is 4.74 Å². The van der Waals surface area contributed by atoms with E-state index < -0.39 is 50.5 Å². The zero-order chi connectivity index (χ0) is 19.8. The summed E-state index contributed by atoms with van der Waals surface area (Å²) in [5, 5.41) is 11.8. The number of nitrogens with zero attached hydrogens (tertiary/aromatic N) is 2. The number of sulfonamides is 1. The highest BCUT2D eigenvalue weighted by Gasteiger charge is 2.50. The molecule has 144 valence electrons. The lowest BCUT2D eigenvalue weighted by atomic mass is 9.99. The molecule has 2 heterocycles. The zero-order valence-electron chi connectivity index (χ0n) is 14.5. The van der Waals surface area contributed by atoms with Crippen LogP contribution >= 0.6 is 0 Å². The van der Waals surface area contributed by atoms with Crippen molar-refractivity contribution in [1.82, 2.24) is 14.6 Å². The number of carbonyl (C=O) groups is 2. The van der Waals surface area contributed by atoms with Crippen LogP contribution in [0.3, 0.4) is 0 Å². The van der Waals surface area contributed by atoms with Crippen molar-refractivity contribution in [2.45, 2.75) is 43.2 Å². The lowest BCUT2D eigenvalue weighted by molar-refractivity contribution is -0.144. The van der Waals surface area contributed by atoms with Crippen LogP contribution in [-0.2, 0) is 19.6 Å².